The van der Waals surface area contributed by atoms with Crippen molar-refractivity contribution in [2.24, 2.45) is 0 Å². The molecule has 1 fully saturated rings. The molecule has 0 radical (unpaired) electrons. The highest BCUT2D eigenvalue weighted by atomic mass is 35.5. The molecule has 3 rings (SSSR count). The van der Waals surface area contributed by atoms with Crippen LogP contribution in [0.5, 0.6) is 0 Å². The zero-order chi connectivity index (χ0) is 15.5. The van der Waals surface area contributed by atoms with Crippen LogP contribution >= 0.6 is 23.2 Å². The molecular weight excluding hydrogens is 319 g/mol. The summed E-state index contributed by atoms with van der Waals surface area (Å²) in [5.41, 5.74) is 1.09. The molecular formula is C17H14Cl2N2O. The molecule has 0 atom stereocenters. The molecule has 1 saturated heterocycles. The van der Waals surface area contributed by atoms with Crippen LogP contribution in [0.1, 0.15) is 24.2 Å². The first-order chi connectivity index (χ1) is 10.7. The van der Waals surface area contributed by atoms with Crippen LogP contribution in [0.4, 0.5) is 5.88 Å². The lowest BCUT2D eigenvalue weighted by Crippen LogP contribution is -2.16. The normalized spacial score (nSPS) is 15.1. The zero-order valence-electron chi connectivity index (χ0n) is 11.9. The van der Waals surface area contributed by atoms with E-state index in [1.165, 1.54) is 12.8 Å². The van der Waals surface area contributed by atoms with E-state index in [4.69, 9.17) is 27.6 Å². The van der Waals surface area contributed by atoms with E-state index < -0.39 is 0 Å². The number of furan rings is 1. The zero-order valence-corrected chi connectivity index (χ0v) is 13.4. The third kappa shape index (κ3) is 3.14. The second-order valence-electron chi connectivity index (χ2n) is 5.16. The van der Waals surface area contributed by atoms with Crippen LogP contribution in [-0.2, 0) is 0 Å². The van der Waals surface area contributed by atoms with Gasteiger partial charge in [-0.2, -0.15) is 5.26 Å². The number of hydrogen-bond donors (Lipinski definition) is 0. The fraction of sp³-hybridized carbons (Fsp3) is 0.235. The van der Waals surface area contributed by atoms with Crippen LogP contribution in [-0.4, -0.2) is 13.1 Å². The van der Waals surface area contributed by atoms with Crippen molar-refractivity contribution in [1.82, 2.24) is 0 Å². The smallest absolute Gasteiger partial charge is 0.196 e. The summed E-state index contributed by atoms with van der Waals surface area (Å²) >= 11 is 12.1. The van der Waals surface area contributed by atoms with Gasteiger partial charge in [0.15, 0.2) is 5.88 Å². The van der Waals surface area contributed by atoms with Crippen LogP contribution < -0.4 is 4.90 Å². The molecule has 112 valence electrons. The number of allylic oxidation sites excluding steroid dienone is 1. The van der Waals surface area contributed by atoms with Gasteiger partial charge in [0.2, 0.25) is 0 Å². The lowest BCUT2D eigenvalue weighted by molar-refractivity contribution is 0.548. The molecule has 3 nitrogen and oxygen atoms in total. The molecule has 0 amide bonds. The lowest BCUT2D eigenvalue weighted by atomic mass is 10.1. The van der Waals surface area contributed by atoms with Crippen molar-refractivity contribution in [3.63, 3.8) is 0 Å². The average Bonchev–Trinajstić information content (AvgIpc) is 3.16. The van der Waals surface area contributed by atoms with Crippen molar-refractivity contribution in [2.45, 2.75) is 12.8 Å². The summed E-state index contributed by atoms with van der Waals surface area (Å²) in [5.74, 6) is 1.49. The Bertz CT molecular complexity index is 752. The van der Waals surface area contributed by atoms with E-state index in [0.717, 1.165) is 19.0 Å². The van der Waals surface area contributed by atoms with Crippen LogP contribution in [0.15, 0.2) is 34.7 Å². The van der Waals surface area contributed by atoms with Crippen molar-refractivity contribution in [1.29, 1.82) is 5.26 Å². The Balaban J connectivity index is 1.90. The molecule has 1 aliphatic heterocycles. The summed E-state index contributed by atoms with van der Waals surface area (Å²) in [4.78, 5) is 2.21. The standard InChI is InChI=1S/C17H14Cl2N2O/c18-13-3-5-15(16(19)10-13)12(11-20)9-14-4-6-17(22-14)21-7-1-2-8-21/h3-6,9-10H,1-2,7-8H2. The van der Waals surface area contributed by atoms with Crippen molar-refractivity contribution >= 4 is 40.7 Å². The number of rotatable bonds is 3. The molecule has 1 aromatic heterocycles. The van der Waals surface area contributed by atoms with E-state index >= 15 is 0 Å². The number of anilines is 1. The molecule has 0 unspecified atom stereocenters. The molecule has 1 aliphatic rings. The minimum atomic E-state index is 0.448. The van der Waals surface area contributed by atoms with Crippen LogP contribution in [0.25, 0.3) is 11.6 Å². The van der Waals surface area contributed by atoms with Gasteiger partial charge in [-0.1, -0.05) is 29.3 Å². The predicted octanol–water partition coefficient (Wildman–Crippen LogP) is 5.25. The van der Waals surface area contributed by atoms with Gasteiger partial charge in [0, 0.05) is 29.7 Å². The van der Waals surface area contributed by atoms with E-state index in [0.29, 0.717) is 26.9 Å². The van der Waals surface area contributed by atoms with Crippen LogP contribution in [0, 0.1) is 11.3 Å². The molecule has 2 heterocycles. The summed E-state index contributed by atoms with van der Waals surface area (Å²) in [6, 6.07) is 11.1. The maximum absolute atomic E-state index is 9.39. The summed E-state index contributed by atoms with van der Waals surface area (Å²) in [6.45, 7) is 2.04. The number of hydrogen-bond acceptors (Lipinski definition) is 3. The quantitative estimate of drug-likeness (QED) is 0.720. The molecule has 2 aromatic rings. The monoisotopic (exact) mass is 332 g/mol. The molecule has 5 heteroatoms. The van der Waals surface area contributed by atoms with Gasteiger partial charge in [0.25, 0.3) is 0 Å². The number of nitriles is 1. The predicted molar refractivity (Wildman–Crippen MR) is 90.1 cm³/mol. The highest BCUT2D eigenvalue weighted by molar-refractivity contribution is 6.36. The molecule has 0 saturated carbocycles. The Hall–Kier alpha value is -1.89. The van der Waals surface area contributed by atoms with E-state index in [2.05, 4.69) is 11.0 Å². The first-order valence-corrected chi connectivity index (χ1v) is 7.85. The Kier molecular flexibility index (Phi) is 4.42. The van der Waals surface area contributed by atoms with E-state index in [1.807, 2.05) is 12.1 Å². The molecule has 0 spiro atoms. The van der Waals surface area contributed by atoms with Gasteiger partial charge >= 0.3 is 0 Å². The van der Waals surface area contributed by atoms with Gasteiger partial charge in [-0.3, -0.25) is 0 Å². The summed E-state index contributed by atoms with van der Waals surface area (Å²) in [6.07, 6.45) is 4.08. The number of halogens is 2. The highest BCUT2D eigenvalue weighted by Crippen LogP contribution is 2.30. The Morgan fingerprint density at radius 3 is 2.64 bits per heavy atom. The van der Waals surface area contributed by atoms with Crippen LogP contribution in [0.2, 0.25) is 10.0 Å². The van der Waals surface area contributed by atoms with E-state index in [9.17, 15) is 5.26 Å². The lowest BCUT2D eigenvalue weighted by Gasteiger charge is -2.12. The van der Waals surface area contributed by atoms with Gasteiger partial charge in [0.05, 0.1) is 16.7 Å². The first-order valence-electron chi connectivity index (χ1n) is 7.09. The van der Waals surface area contributed by atoms with Gasteiger partial charge < -0.3 is 9.32 Å². The van der Waals surface area contributed by atoms with Crippen LogP contribution in [0.3, 0.4) is 0 Å². The maximum atomic E-state index is 9.39. The molecule has 0 aliphatic carbocycles. The van der Waals surface area contributed by atoms with Gasteiger partial charge in [-0.25, -0.2) is 0 Å². The number of benzene rings is 1. The fourth-order valence-electron chi connectivity index (χ4n) is 2.55. The fourth-order valence-corrected chi connectivity index (χ4v) is 3.06. The Labute approximate surface area is 139 Å². The van der Waals surface area contributed by atoms with Gasteiger partial charge in [0.1, 0.15) is 5.76 Å². The number of nitrogens with zero attached hydrogens (tertiary/aromatic N) is 2. The molecule has 22 heavy (non-hydrogen) atoms. The second-order valence-corrected chi connectivity index (χ2v) is 6.01. The summed E-state index contributed by atoms with van der Waals surface area (Å²) in [5, 5.41) is 10.4. The van der Waals surface area contributed by atoms with Gasteiger partial charge in [-0.15, -0.1) is 0 Å². The SMILES string of the molecule is N#CC(=Cc1ccc(N2CCCC2)o1)c1ccc(Cl)cc1Cl. The van der Waals surface area contributed by atoms with E-state index in [1.54, 1.807) is 24.3 Å². The Morgan fingerprint density at radius 2 is 1.95 bits per heavy atom. The van der Waals surface area contributed by atoms with Crippen molar-refractivity contribution in [3.05, 3.63) is 51.7 Å². The minimum absolute atomic E-state index is 0.448. The Morgan fingerprint density at radius 1 is 1.18 bits per heavy atom. The highest BCUT2D eigenvalue weighted by Gasteiger charge is 2.15. The third-order valence-electron chi connectivity index (χ3n) is 3.66. The first kappa shape index (κ1) is 15.0. The largest absolute Gasteiger partial charge is 0.441 e. The van der Waals surface area contributed by atoms with Crippen molar-refractivity contribution in [3.8, 4) is 6.07 Å². The minimum Gasteiger partial charge on any atom is -0.441 e. The average molecular weight is 333 g/mol. The summed E-state index contributed by atoms with van der Waals surface area (Å²) < 4.78 is 5.81. The van der Waals surface area contributed by atoms with Gasteiger partial charge in [-0.05, 0) is 37.1 Å². The third-order valence-corrected chi connectivity index (χ3v) is 4.21. The maximum Gasteiger partial charge on any atom is 0.196 e. The van der Waals surface area contributed by atoms with E-state index in [-0.39, 0.29) is 0 Å². The van der Waals surface area contributed by atoms with Crippen molar-refractivity contribution < 1.29 is 4.42 Å². The molecule has 0 bridgehead atoms. The topological polar surface area (TPSA) is 40.2 Å². The second kappa shape index (κ2) is 6.48. The van der Waals surface area contributed by atoms with Crippen molar-refractivity contribution in [2.75, 3.05) is 18.0 Å². The summed E-state index contributed by atoms with van der Waals surface area (Å²) in [7, 11) is 0. The molecule has 0 N–H and O–H groups in total. The molecule has 1 aromatic carbocycles.